The monoisotopic (exact) mass is 309 g/mol. The molecule has 23 heavy (non-hydrogen) atoms. The van der Waals surface area contributed by atoms with Gasteiger partial charge >= 0.3 is 5.97 Å². The third-order valence-electron chi connectivity index (χ3n) is 2.97. The predicted molar refractivity (Wildman–Crippen MR) is 85.0 cm³/mol. The largest absolute Gasteiger partial charge is 0.452 e. The summed E-state index contributed by atoms with van der Waals surface area (Å²) < 4.78 is 4.83. The number of carbonyl (C=O) groups excluding carboxylic acids is 2. The highest BCUT2D eigenvalue weighted by atomic mass is 16.5. The molecular weight excluding hydrogens is 294 g/mol. The van der Waals surface area contributed by atoms with E-state index in [2.05, 4.69) is 10.3 Å². The van der Waals surface area contributed by atoms with E-state index in [0.717, 1.165) is 16.5 Å². The molecule has 1 N–H and O–H groups in total. The maximum Gasteiger partial charge on any atom is 0.331 e. The summed E-state index contributed by atoms with van der Waals surface area (Å²) in [5.41, 5.74) is 1.58. The van der Waals surface area contributed by atoms with Crippen LogP contribution in [0.5, 0.6) is 0 Å². The van der Waals surface area contributed by atoms with E-state index in [1.54, 1.807) is 12.3 Å². The molecule has 2 rings (SSSR count). The summed E-state index contributed by atoms with van der Waals surface area (Å²) in [5, 5.41) is 11.8. The number of para-hydroxylation sites is 1. The van der Waals surface area contributed by atoms with Gasteiger partial charge < -0.3 is 10.1 Å². The summed E-state index contributed by atoms with van der Waals surface area (Å²) in [7, 11) is 0. The minimum absolute atomic E-state index is 0.216. The number of fused-ring (bicyclic) bond motifs is 1. The van der Waals surface area contributed by atoms with Crippen LogP contribution in [0.15, 0.2) is 42.6 Å². The van der Waals surface area contributed by atoms with E-state index in [-0.39, 0.29) is 19.6 Å². The lowest BCUT2D eigenvalue weighted by Crippen LogP contribution is -2.29. The molecule has 2 aromatic rings. The van der Waals surface area contributed by atoms with E-state index in [9.17, 15) is 9.59 Å². The van der Waals surface area contributed by atoms with Gasteiger partial charge in [-0.1, -0.05) is 24.3 Å². The zero-order valence-corrected chi connectivity index (χ0v) is 12.4. The molecule has 1 aromatic carbocycles. The van der Waals surface area contributed by atoms with E-state index in [1.807, 2.05) is 36.4 Å². The number of nitriles is 1. The van der Waals surface area contributed by atoms with Gasteiger partial charge in [0.1, 0.15) is 0 Å². The summed E-state index contributed by atoms with van der Waals surface area (Å²) in [6.45, 7) is -0.132. The Morgan fingerprint density at radius 1 is 1.30 bits per heavy atom. The second kappa shape index (κ2) is 8.29. The Bertz CT molecular complexity index is 773. The zero-order chi connectivity index (χ0) is 16.5. The van der Waals surface area contributed by atoms with Crippen LogP contribution in [0, 0.1) is 11.3 Å². The average Bonchev–Trinajstić information content (AvgIpc) is 2.58. The van der Waals surface area contributed by atoms with Crippen LogP contribution in [0.2, 0.25) is 0 Å². The number of rotatable bonds is 6. The Kier molecular flexibility index (Phi) is 5.83. The number of amides is 1. The van der Waals surface area contributed by atoms with E-state index in [4.69, 9.17) is 10.00 Å². The van der Waals surface area contributed by atoms with Crippen molar-refractivity contribution in [3.63, 3.8) is 0 Å². The molecule has 0 saturated heterocycles. The summed E-state index contributed by atoms with van der Waals surface area (Å²) in [4.78, 5) is 27.2. The van der Waals surface area contributed by atoms with Gasteiger partial charge in [-0.2, -0.15) is 5.26 Å². The quantitative estimate of drug-likeness (QED) is 0.499. The predicted octanol–water partition coefficient (Wildman–Crippen LogP) is 1.82. The molecule has 0 saturated carbocycles. The molecule has 0 fully saturated rings. The smallest absolute Gasteiger partial charge is 0.331 e. The molecule has 0 spiro atoms. The van der Waals surface area contributed by atoms with Gasteiger partial charge in [0.2, 0.25) is 0 Å². The minimum Gasteiger partial charge on any atom is -0.452 e. The molecule has 0 bridgehead atoms. The minimum atomic E-state index is -0.617. The standard InChI is InChI=1S/C17H15N3O3/c18-9-3-11-19-15(21)12-23-16(22)8-7-14-5-1-4-13-6-2-10-20-17(13)14/h1-2,4-8,10H,3,11-12H2,(H,19,21)/b8-7+. The molecule has 0 unspecified atom stereocenters. The van der Waals surface area contributed by atoms with E-state index in [1.165, 1.54) is 6.08 Å². The number of aromatic nitrogens is 1. The van der Waals surface area contributed by atoms with Crippen LogP contribution in [0.4, 0.5) is 0 Å². The van der Waals surface area contributed by atoms with Crippen LogP contribution < -0.4 is 5.32 Å². The molecule has 116 valence electrons. The molecule has 6 heteroatoms. The fraction of sp³-hybridized carbons (Fsp3) is 0.176. The fourth-order valence-corrected chi connectivity index (χ4v) is 1.91. The topological polar surface area (TPSA) is 92.1 Å². The molecule has 1 amide bonds. The molecule has 1 heterocycles. The first kappa shape index (κ1) is 16.2. The molecular formula is C17H15N3O3. The second-order valence-electron chi connectivity index (χ2n) is 4.62. The molecule has 0 aliphatic carbocycles. The normalized spacial score (nSPS) is 10.4. The van der Waals surface area contributed by atoms with Gasteiger partial charge in [0.25, 0.3) is 5.91 Å². The molecule has 6 nitrogen and oxygen atoms in total. The summed E-state index contributed by atoms with van der Waals surface area (Å²) in [6, 6.07) is 11.3. The number of nitrogens with one attached hydrogen (secondary N) is 1. The molecule has 0 aliphatic rings. The Morgan fingerprint density at radius 3 is 2.96 bits per heavy atom. The van der Waals surface area contributed by atoms with E-state index in [0.29, 0.717) is 0 Å². The van der Waals surface area contributed by atoms with Crippen molar-refractivity contribution in [3.8, 4) is 6.07 Å². The summed E-state index contributed by atoms with van der Waals surface area (Å²) >= 11 is 0. The number of nitrogens with zero attached hydrogens (tertiary/aromatic N) is 2. The SMILES string of the molecule is N#CCCNC(=O)COC(=O)/C=C/c1cccc2cccnc12. The number of carbonyl (C=O) groups is 2. The van der Waals surface area contributed by atoms with Crippen molar-refractivity contribution in [2.75, 3.05) is 13.2 Å². The number of hydrogen-bond donors (Lipinski definition) is 1. The van der Waals surface area contributed by atoms with Gasteiger partial charge in [-0.05, 0) is 12.1 Å². The Hall–Kier alpha value is -3.20. The van der Waals surface area contributed by atoms with Crippen molar-refractivity contribution in [2.24, 2.45) is 0 Å². The maximum absolute atomic E-state index is 11.6. The summed E-state index contributed by atoms with van der Waals surface area (Å²) in [6.07, 6.45) is 4.76. The first-order valence-electron chi connectivity index (χ1n) is 7.03. The molecule has 0 aliphatic heterocycles. The van der Waals surface area contributed by atoms with Crippen LogP contribution in [-0.4, -0.2) is 30.0 Å². The second-order valence-corrected chi connectivity index (χ2v) is 4.62. The van der Waals surface area contributed by atoms with E-state index >= 15 is 0 Å². The summed E-state index contributed by atoms with van der Waals surface area (Å²) in [5.74, 6) is -1.05. The van der Waals surface area contributed by atoms with Gasteiger partial charge in [0, 0.05) is 29.8 Å². The molecule has 1 aromatic heterocycles. The first-order valence-corrected chi connectivity index (χ1v) is 7.03. The van der Waals surface area contributed by atoms with Crippen LogP contribution in [0.1, 0.15) is 12.0 Å². The van der Waals surface area contributed by atoms with Gasteiger partial charge in [-0.3, -0.25) is 9.78 Å². The van der Waals surface area contributed by atoms with Crippen LogP contribution >= 0.6 is 0 Å². The van der Waals surface area contributed by atoms with Crippen molar-refractivity contribution in [1.29, 1.82) is 5.26 Å². The Balaban J connectivity index is 1.91. The number of ether oxygens (including phenoxy) is 1. The van der Waals surface area contributed by atoms with E-state index < -0.39 is 11.9 Å². The third-order valence-corrected chi connectivity index (χ3v) is 2.97. The Labute approximate surface area is 133 Å². The molecule has 0 atom stereocenters. The lowest BCUT2D eigenvalue weighted by atomic mass is 10.1. The van der Waals surface area contributed by atoms with Crippen LogP contribution in [0.3, 0.4) is 0 Å². The third kappa shape index (κ3) is 4.93. The maximum atomic E-state index is 11.6. The van der Waals surface area contributed by atoms with Gasteiger partial charge in [0.05, 0.1) is 18.0 Å². The molecule has 0 radical (unpaired) electrons. The average molecular weight is 309 g/mol. The van der Waals surface area contributed by atoms with Gasteiger partial charge in [0.15, 0.2) is 6.61 Å². The van der Waals surface area contributed by atoms with Crippen molar-refractivity contribution in [3.05, 3.63) is 48.2 Å². The van der Waals surface area contributed by atoms with Crippen molar-refractivity contribution in [2.45, 2.75) is 6.42 Å². The van der Waals surface area contributed by atoms with Gasteiger partial charge in [-0.15, -0.1) is 0 Å². The van der Waals surface area contributed by atoms with Crippen LogP contribution in [-0.2, 0) is 14.3 Å². The fourth-order valence-electron chi connectivity index (χ4n) is 1.91. The lowest BCUT2D eigenvalue weighted by Gasteiger charge is -2.03. The number of pyridine rings is 1. The number of benzene rings is 1. The number of esters is 1. The lowest BCUT2D eigenvalue weighted by molar-refractivity contribution is -0.143. The van der Waals surface area contributed by atoms with Crippen molar-refractivity contribution >= 4 is 28.9 Å². The van der Waals surface area contributed by atoms with Crippen molar-refractivity contribution < 1.29 is 14.3 Å². The number of hydrogen-bond acceptors (Lipinski definition) is 5. The van der Waals surface area contributed by atoms with Crippen molar-refractivity contribution in [1.82, 2.24) is 10.3 Å². The Morgan fingerprint density at radius 2 is 2.13 bits per heavy atom. The first-order chi connectivity index (χ1) is 11.2. The highest BCUT2D eigenvalue weighted by Gasteiger charge is 2.05. The highest BCUT2D eigenvalue weighted by molar-refractivity contribution is 5.93. The zero-order valence-electron chi connectivity index (χ0n) is 12.4. The van der Waals surface area contributed by atoms with Gasteiger partial charge in [-0.25, -0.2) is 4.79 Å². The van der Waals surface area contributed by atoms with Crippen LogP contribution in [0.25, 0.3) is 17.0 Å². The highest BCUT2D eigenvalue weighted by Crippen LogP contribution is 2.17.